The normalized spacial score (nSPS) is 17.7. The Balaban J connectivity index is 2.04. The zero-order chi connectivity index (χ0) is 15.5. The smallest absolute Gasteiger partial charge is 0.240 e. The van der Waals surface area contributed by atoms with Gasteiger partial charge in [-0.3, -0.25) is 0 Å². The molecule has 0 radical (unpaired) electrons. The monoisotopic (exact) mass is 311 g/mol. The van der Waals surface area contributed by atoms with Crippen LogP contribution in [-0.4, -0.2) is 46.0 Å². The van der Waals surface area contributed by atoms with Gasteiger partial charge >= 0.3 is 0 Å². The fourth-order valence-electron chi connectivity index (χ4n) is 2.68. The van der Waals surface area contributed by atoms with Crippen molar-refractivity contribution >= 4 is 10.0 Å². The molecular weight excluding hydrogens is 286 g/mol. The number of nitrogens with zero attached hydrogens (tertiary/aromatic N) is 1. The third kappa shape index (κ3) is 3.63. The molecule has 21 heavy (non-hydrogen) atoms. The first-order chi connectivity index (χ1) is 9.89. The van der Waals surface area contributed by atoms with Gasteiger partial charge in [0, 0.05) is 12.1 Å². The van der Waals surface area contributed by atoms with Crippen LogP contribution < -0.4 is 10.5 Å². The first-order valence-corrected chi connectivity index (χ1v) is 8.84. The molecule has 0 amide bonds. The van der Waals surface area contributed by atoms with E-state index in [1.165, 1.54) is 0 Å². The van der Waals surface area contributed by atoms with Crippen LogP contribution in [-0.2, 0) is 16.4 Å². The van der Waals surface area contributed by atoms with Crippen molar-refractivity contribution in [1.29, 1.82) is 0 Å². The van der Waals surface area contributed by atoms with E-state index in [1.807, 2.05) is 26.2 Å². The van der Waals surface area contributed by atoms with Crippen LogP contribution >= 0.6 is 0 Å². The molecule has 0 unspecified atom stereocenters. The molecule has 1 aliphatic carbocycles. The minimum Gasteiger partial charge on any atom is -0.330 e. The molecule has 1 saturated carbocycles. The average molecular weight is 311 g/mol. The van der Waals surface area contributed by atoms with Gasteiger partial charge in [0.25, 0.3) is 0 Å². The number of rotatable bonds is 7. The molecule has 1 fully saturated rings. The molecule has 3 N–H and O–H groups in total. The summed E-state index contributed by atoms with van der Waals surface area (Å²) in [7, 11) is 0.575. The Morgan fingerprint density at radius 2 is 1.86 bits per heavy atom. The highest BCUT2D eigenvalue weighted by Crippen LogP contribution is 2.35. The summed E-state index contributed by atoms with van der Waals surface area (Å²) in [6.45, 7) is 1.03. The lowest BCUT2D eigenvalue weighted by Crippen LogP contribution is -2.57. The van der Waals surface area contributed by atoms with E-state index in [0.717, 1.165) is 31.2 Å². The Bertz CT molecular complexity index is 563. The molecule has 0 atom stereocenters. The largest absolute Gasteiger partial charge is 0.330 e. The summed E-state index contributed by atoms with van der Waals surface area (Å²) in [5, 5.41) is 0. The summed E-state index contributed by atoms with van der Waals surface area (Å²) < 4.78 is 27.5. The van der Waals surface area contributed by atoms with Gasteiger partial charge in [-0.2, -0.15) is 0 Å². The number of sulfonamides is 1. The van der Waals surface area contributed by atoms with Crippen LogP contribution in [0.15, 0.2) is 29.2 Å². The highest BCUT2D eigenvalue weighted by molar-refractivity contribution is 7.89. The maximum absolute atomic E-state index is 12.4. The predicted molar refractivity (Wildman–Crippen MR) is 84.7 cm³/mol. The maximum Gasteiger partial charge on any atom is 0.240 e. The van der Waals surface area contributed by atoms with Crippen LogP contribution in [0.1, 0.15) is 24.8 Å². The molecule has 0 aliphatic heterocycles. The van der Waals surface area contributed by atoms with Crippen molar-refractivity contribution in [3.8, 4) is 0 Å². The van der Waals surface area contributed by atoms with E-state index in [4.69, 9.17) is 5.73 Å². The summed E-state index contributed by atoms with van der Waals surface area (Å²) in [5.74, 6) is 0. The SMILES string of the molecule is CN(C)C1(CNS(=O)(=O)c2ccc(CCN)cc2)CCC1. The molecule has 0 heterocycles. The molecule has 1 aromatic rings. The van der Waals surface area contributed by atoms with Crippen LogP contribution in [0.5, 0.6) is 0 Å². The van der Waals surface area contributed by atoms with Gasteiger partial charge < -0.3 is 10.6 Å². The predicted octanol–water partition coefficient (Wildman–Crippen LogP) is 0.950. The summed E-state index contributed by atoms with van der Waals surface area (Å²) in [6.07, 6.45) is 4.00. The van der Waals surface area contributed by atoms with Crippen molar-refractivity contribution < 1.29 is 8.42 Å². The lowest BCUT2D eigenvalue weighted by Gasteiger charge is -2.47. The van der Waals surface area contributed by atoms with E-state index >= 15 is 0 Å². The summed E-state index contributed by atoms with van der Waals surface area (Å²) in [6, 6.07) is 6.95. The lowest BCUT2D eigenvalue weighted by atomic mass is 9.76. The Morgan fingerprint density at radius 1 is 1.24 bits per heavy atom. The van der Waals surface area contributed by atoms with Crippen molar-refractivity contribution in [2.24, 2.45) is 5.73 Å². The van der Waals surface area contributed by atoms with E-state index in [1.54, 1.807) is 12.1 Å². The molecule has 5 nitrogen and oxygen atoms in total. The first-order valence-electron chi connectivity index (χ1n) is 7.36. The first kappa shape index (κ1) is 16.4. The second kappa shape index (κ2) is 6.44. The fraction of sp³-hybridized carbons (Fsp3) is 0.600. The van der Waals surface area contributed by atoms with Crippen molar-refractivity contribution in [3.63, 3.8) is 0 Å². The number of benzene rings is 1. The topological polar surface area (TPSA) is 75.4 Å². The van der Waals surface area contributed by atoms with E-state index in [-0.39, 0.29) is 5.54 Å². The van der Waals surface area contributed by atoms with E-state index in [0.29, 0.717) is 18.0 Å². The van der Waals surface area contributed by atoms with E-state index in [2.05, 4.69) is 9.62 Å². The molecule has 1 aromatic carbocycles. The van der Waals surface area contributed by atoms with Crippen molar-refractivity contribution in [1.82, 2.24) is 9.62 Å². The van der Waals surface area contributed by atoms with Crippen molar-refractivity contribution in [2.45, 2.75) is 36.1 Å². The summed E-state index contributed by atoms with van der Waals surface area (Å²) in [4.78, 5) is 2.44. The molecular formula is C15H25N3O2S. The minimum absolute atomic E-state index is 0.0213. The molecule has 0 saturated heterocycles. The number of nitrogens with two attached hydrogens (primary N) is 1. The van der Waals surface area contributed by atoms with Gasteiger partial charge in [-0.05, 0) is 64.0 Å². The molecule has 1 aliphatic rings. The van der Waals surface area contributed by atoms with Gasteiger partial charge in [0.05, 0.1) is 4.90 Å². The molecule has 6 heteroatoms. The van der Waals surface area contributed by atoms with Crippen LogP contribution in [0.25, 0.3) is 0 Å². The van der Waals surface area contributed by atoms with Gasteiger partial charge in [-0.15, -0.1) is 0 Å². The quantitative estimate of drug-likeness (QED) is 0.786. The van der Waals surface area contributed by atoms with Crippen molar-refractivity contribution in [3.05, 3.63) is 29.8 Å². The zero-order valence-corrected chi connectivity index (χ0v) is 13.6. The average Bonchev–Trinajstić information content (AvgIpc) is 2.38. The number of likely N-dealkylation sites (N-methyl/N-ethyl adjacent to an activating group) is 1. The molecule has 118 valence electrons. The Morgan fingerprint density at radius 3 is 2.29 bits per heavy atom. The van der Waals surface area contributed by atoms with Crippen LogP contribution in [0, 0.1) is 0 Å². The van der Waals surface area contributed by atoms with Gasteiger partial charge in [0.2, 0.25) is 10.0 Å². The van der Waals surface area contributed by atoms with Gasteiger partial charge in [-0.1, -0.05) is 12.1 Å². The van der Waals surface area contributed by atoms with Crippen LogP contribution in [0.2, 0.25) is 0 Å². The second-order valence-corrected chi connectivity index (χ2v) is 7.75. The molecule has 2 rings (SSSR count). The van der Waals surface area contributed by atoms with Gasteiger partial charge in [0.1, 0.15) is 0 Å². The van der Waals surface area contributed by atoms with Crippen LogP contribution in [0.4, 0.5) is 0 Å². The maximum atomic E-state index is 12.4. The number of nitrogens with one attached hydrogen (secondary N) is 1. The Kier molecular flexibility index (Phi) is 5.03. The minimum atomic E-state index is -3.44. The van der Waals surface area contributed by atoms with Crippen LogP contribution in [0.3, 0.4) is 0 Å². The van der Waals surface area contributed by atoms with E-state index < -0.39 is 10.0 Å². The summed E-state index contributed by atoms with van der Waals surface area (Å²) >= 11 is 0. The fourth-order valence-corrected chi connectivity index (χ4v) is 3.80. The molecule has 0 bridgehead atoms. The highest BCUT2D eigenvalue weighted by atomic mass is 32.2. The Hall–Kier alpha value is -0.950. The van der Waals surface area contributed by atoms with E-state index in [9.17, 15) is 8.42 Å². The van der Waals surface area contributed by atoms with Gasteiger partial charge in [-0.25, -0.2) is 13.1 Å². The third-order valence-electron chi connectivity index (χ3n) is 4.49. The van der Waals surface area contributed by atoms with Gasteiger partial charge in [0.15, 0.2) is 0 Å². The second-order valence-electron chi connectivity index (χ2n) is 5.98. The Labute approximate surface area is 127 Å². The lowest BCUT2D eigenvalue weighted by molar-refractivity contribution is 0.0657. The number of hydrogen-bond acceptors (Lipinski definition) is 4. The zero-order valence-electron chi connectivity index (χ0n) is 12.8. The molecule has 0 spiro atoms. The third-order valence-corrected chi connectivity index (χ3v) is 5.91. The summed E-state index contributed by atoms with van der Waals surface area (Å²) in [5.41, 5.74) is 6.53. The highest BCUT2D eigenvalue weighted by Gasteiger charge is 2.39. The standard InChI is InChI=1S/C15H25N3O2S/c1-18(2)15(9-3-10-15)12-17-21(19,20)14-6-4-13(5-7-14)8-11-16/h4-7,17H,3,8-12,16H2,1-2H3. The number of hydrogen-bond donors (Lipinski definition) is 2. The van der Waals surface area contributed by atoms with Crippen molar-refractivity contribution in [2.75, 3.05) is 27.2 Å². The molecule has 0 aromatic heterocycles.